The van der Waals surface area contributed by atoms with Crippen molar-refractivity contribution in [2.24, 2.45) is 0 Å². The molecule has 0 aliphatic rings. The van der Waals surface area contributed by atoms with Crippen LogP contribution >= 0.6 is 0 Å². The molecule has 4 heteroatoms. The van der Waals surface area contributed by atoms with Gasteiger partial charge in [0, 0.05) is 0 Å². The van der Waals surface area contributed by atoms with Crippen LogP contribution in [0.3, 0.4) is 0 Å². The number of hydrogen-bond acceptors (Lipinski definition) is 4. The van der Waals surface area contributed by atoms with Crippen molar-refractivity contribution in [2.45, 2.75) is 6.54 Å². The highest BCUT2D eigenvalue weighted by Crippen LogP contribution is 2.20. The molecule has 0 amide bonds. The van der Waals surface area contributed by atoms with Gasteiger partial charge in [-0.15, -0.1) is 0 Å². The lowest BCUT2D eigenvalue weighted by molar-refractivity contribution is 0.163. The maximum Gasteiger partial charge on any atom is 0.118 e. The number of ether oxygens (including phenoxy) is 1. The molecule has 0 aliphatic heterocycles. The summed E-state index contributed by atoms with van der Waals surface area (Å²) in [5.41, 5.74) is 2.55. The monoisotopic (exact) mass is 268 g/mol. The minimum Gasteiger partial charge on any atom is -0.497 e. The van der Waals surface area contributed by atoms with Gasteiger partial charge in [0.05, 0.1) is 38.1 Å². The molecule has 0 radical (unpaired) electrons. The standard InChI is InChI=1S/C16H16N2O2/c1-19-16-8-6-13(7-9-16)12-18(20-2)15-5-3-4-14(10-15)11-17/h3-10H,12H2,1-2H3. The van der Waals surface area contributed by atoms with Crippen LogP contribution in [0.4, 0.5) is 5.69 Å². The molecule has 20 heavy (non-hydrogen) atoms. The van der Waals surface area contributed by atoms with Gasteiger partial charge in [0.1, 0.15) is 5.75 Å². The fraction of sp³-hybridized carbons (Fsp3) is 0.188. The van der Waals surface area contributed by atoms with Gasteiger partial charge in [-0.05, 0) is 35.9 Å². The second-order valence-corrected chi connectivity index (χ2v) is 4.23. The van der Waals surface area contributed by atoms with E-state index in [2.05, 4.69) is 6.07 Å². The molecule has 0 N–H and O–H groups in total. The molecule has 0 unspecified atom stereocenters. The second-order valence-electron chi connectivity index (χ2n) is 4.23. The van der Waals surface area contributed by atoms with Crippen LogP contribution in [0, 0.1) is 11.3 Å². The summed E-state index contributed by atoms with van der Waals surface area (Å²) in [5, 5.41) is 10.7. The molecule has 2 aromatic rings. The molecule has 0 heterocycles. The van der Waals surface area contributed by atoms with Crippen LogP contribution in [0.15, 0.2) is 48.5 Å². The molecular formula is C16H16N2O2. The fourth-order valence-corrected chi connectivity index (χ4v) is 1.89. The molecule has 4 nitrogen and oxygen atoms in total. The van der Waals surface area contributed by atoms with Crippen LogP contribution in [0.5, 0.6) is 5.75 Å². The number of rotatable bonds is 5. The number of anilines is 1. The Morgan fingerprint density at radius 1 is 1.10 bits per heavy atom. The Kier molecular flexibility index (Phi) is 4.59. The maximum absolute atomic E-state index is 8.94. The van der Waals surface area contributed by atoms with Gasteiger partial charge in [-0.3, -0.25) is 9.90 Å². The van der Waals surface area contributed by atoms with Crippen molar-refractivity contribution in [1.29, 1.82) is 5.26 Å². The predicted molar refractivity (Wildman–Crippen MR) is 77.3 cm³/mol. The summed E-state index contributed by atoms with van der Waals surface area (Å²) >= 11 is 0. The first kappa shape index (κ1) is 13.9. The topological polar surface area (TPSA) is 45.5 Å². The zero-order valence-corrected chi connectivity index (χ0v) is 11.5. The van der Waals surface area contributed by atoms with E-state index in [0.717, 1.165) is 17.0 Å². The Hall–Kier alpha value is -2.51. The first-order chi connectivity index (χ1) is 9.76. The maximum atomic E-state index is 8.94. The van der Waals surface area contributed by atoms with Crippen LogP contribution in [-0.2, 0) is 11.4 Å². The normalized spacial score (nSPS) is 9.85. The molecule has 0 bridgehead atoms. The van der Waals surface area contributed by atoms with E-state index in [-0.39, 0.29) is 0 Å². The summed E-state index contributed by atoms with van der Waals surface area (Å²) in [5.74, 6) is 0.823. The largest absolute Gasteiger partial charge is 0.497 e. The van der Waals surface area contributed by atoms with Crippen LogP contribution in [0.25, 0.3) is 0 Å². The van der Waals surface area contributed by atoms with E-state index in [4.69, 9.17) is 14.8 Å². The van der Waals surface area contributed by atoms with Crippen LogP contribution < -0.4 is 9.80 Å². The summed E-state index contributed by atoms with van der Waals surface area (Å²) in [7, 11) is 3.26. The van der Waals surface area contributed by atoms with Crippen LogP contribution in [0.2, 0.25) is 0 Å². The molecule has 0 saturated carbocycles. The highest BCUT2D eigenvalue weighted by molar-refractivity contribution is 5.50. The minimum absolute atomic E-state index is 0.593. The Morgan fingerprint density at radius 3 is 2.45 bits per heavy atom. The second kappa shape index (κ2) is 6.60. The Labute approximate surface area is 118 Å². The highest BCUT2D eigenvalue weighted by Gasteiger charge is 2.07. The number of methoxy groups -OCH3 is 1. The van der Waals surface area contributed by atoms with E-state index >= 15 is 0 Å². The van der Waals surface area contributed by atoms with E-state index < -0.39 is 0 Å². The van der Waals surface area contributed by atoms with Gasteiger partial charge in [0.15, 0.2) is 0 Å². The van der Waals surface area contributed by atoms with Gasteiger partial charge in [-0.2, -0.15) is 5.26 Å². The summed E-state index contributed by atoms with van der Waals surface area (Å²) in [4.78, 5) is 5.39. The van der Waals surface area contributed by atoms with Crippen molar-refractivity contribution >= 4 is 5.69 Å². The van der Waals surface area contributed by atoms with Crippen molar-refractivity contribution < 1.29 is 9.57 Å². The van der Waals surface area contributed by atoms with Gasteiger partial charge in [0.25, 0.3) is 0 Å². The molecule has 0 fully saturated rings. The summed E-state index contributed by atoms with van der Waals surface area (Å²) < 4.78 is 5.13. The third-order valence-corrected chi connectivity index (χ3v) is 2.97. The average molecular weight is 268 g/mol. The van der Waals surface area contributed by atoms with E-state index in [9.17, 15) is 0 Å². The molecule has 0 atom stereocenters. The van der Waals surface area contributed by atoms with E-state index in [1.165, 1.54) is 0 Å². The minimum atomic E-state index is 0.593. The molecular weight excluding hydrogens is 252 g/mol. The van der Waals surface area contributed by atoms with Crippen molar-refractivity contribution in [3.05, 3.63) is 59.7 Å². The third-order valence-electron chi connectivity index (χ3n) is 2.97. The lowest BCUT2D eigenvalue weighted by Crippen LogP contribution is -2.20. The Balaban J connectivity index is 2.17. The molecule has 0 aliphatic carbocycles. The van der Waals surface area contributed by atoms with E-state index in [1.807, 2.05) is 36.4 Å². The molecule has 2 aromatic carbocycles. The number of hydrogen-bond donors (Lipinski definition) is 0. The summed E-state index contributed by atoms with van der Waals surface area (Å²) in [6.07, 6.45) is 0. The molecule has 0 aromatic heterocycles. The van der Waals surface area contributed by atoms with Crippen LogP contribution in [-0.4, -0.2) is 14.2 Å². The smallest absolute Gasteiger partial charge is 0.118 e. The van der Waals surface area contributed by atoms with Crippen molar-refractivity contribution in [3.8, 4) is 11.8 Å². The van der Waals surface area contributed by atoms with Gasteiger partial charge >= 0.3 is 0 Å². The average Bonchev–Trinajstić information content (AvgIpc) is 2.53. The number of nitrogens with zero attached hydrogens (tertiary/aromatic N) is 2. The van der Waals surface area contributed by atoms with Crippen molar-refractivity contribution in [2.75, 3.05) is 19.3 Å². The SMILES string of the molecule is COc1ccc(CN(OC)c2cccc(C#N)c2)cc1. The van der Waals surface area contributed by atoms with Gasteiger partial charge < -0.3 is 4.74 Å². The molecule has 102 valence electrons. The zero-order valence-electron chi connectivity index (χ0n) is 11.5. The zero-order chi connectivity index (χ0) is 14.4. The van der Waals surface area contributed by atoms with Gasteiger partial charge in [-0.1, -0.05) is 18.2 Å². The Morgan fingerprint density at radius 2 is 1.85 bits per heavy atom. The number of hydroxylamine groups is 1. The highest BCUT2D eigenvalue weighted by atomic mass is 16.7. The Bertz CT molecular complexity index is 603. The lowest BCUT2D eigenvalue weighted by Gasteiger charge is -2.22. The predicted octanol–water partition coefficient (Wildman–Crippen LogP) is 3.13. The third kappa shape index (κ3) is 3.28. The van der Waals surface area contributed by atoms with E-state index in [1.54, 1.807) is 31.4 Å². The van der Waals surface area contributed by atoms with Gasteiger partial charge in [-0.25, -0.2) is 0 Å². The number of benzene rings is 2. The van der Waals surface area contributed by atoms with E-state index in [0.29, 0.717) is 12.1 Å². The first-order valence-corrected chi connectivity index (χ1v) is 6.21. The fourth-order valence-electron chi connectivity index (χ4n) is 1.89. The van der Waals surface area contributed by atoms with Gasteiger partial charge in [0.2, 0.25) is 0 Å². The van der Waals surface area contributed by atoms with Crippen LogP contribution in [0.1, 0.15) is 11.1 Å². The summed E-state index contributed by atoms with van der Waals surface area (Å²) in [6.45, 7) is 0.593. The first-order valence-electron chi connectivity index (χ1n) is 6.21. The quantitative estimate of drug-likeness (QED) is 0.781. The summed E-state index contributed by atoms with van der Waals surface area (Å²) in [6, 6.07) is 17.2. The lowest BCUT2D eigenvalue weighted by atomic mass is 10.2. The van der Waals surface area contributed by atoms with Crippen molar-refractivity contribution in [3.63, 3.8) is 0 Å². The number of nitriles is 1. The molecule has 0 saturated heterocycles. The molecule has 0 spiro atoms. The van der Waals surface area contributed by atoms with Crippen molar-refractivity contribution in [1.82, 2.24) is 0 Å². The molecule has 2 rings (SSSR count).